The maximum absolute atomic E-state index is 11.3. The second-order valence-electron chi connectivity index (χ2n) is 5.79. The molecule has 1 atom stereocenters. The zero-order chi connectivity index (χ0) is 12.4. The van der Waals surface area contributed by atoms with Crippen LogP contribution in [-0.4, -0.2) is 69.4 Å². The van der Waals surface area contributed by atoms with E-state index in [4.69, 9.17) is 0 Å². The molecule has 0 amide bonds. The topological polar surface area (TPSA) is 35.9 Å². The molecular weight excluding hydrogens is 209 g/mol. The summed E-state index contributed by atoms with van der Waals surface area (Å²) in [4.78, 5) is 15.4. The fraction of sp³-hybridized carbons (Fsp3) is 1.00. The molecule has 0 fully saturated rings. The summed E-state index contributed by atoms with van der Waals surface area (Å²) in [7, 11) is 6.32. The number of hydrogen-bond acceptors (Lipinski definition) is 4. The van der Waals surface area contributed by atoms with Crippen LogP contribution in [0.2, 0.25) is 0 Å². The van der Waals surface area contributed by atoms with Crippen molar-refractivity contribution in [2.75, 3.05) is 48.2 Å². The zero-order valence-electron chi connectivity index (χ0n) is 11.3. The van der Waals surface area contributed by atoms with Crippen LogP contribution in [0, 0.1) is 4.91 Å². The van der Waals surface area contributed by atoms with Crippen molar-refractivity contribution < 1.29 is 0 Å². The Bertz CT molecular complexity index is 217. The predicted molar refractivity (Wildman–Crippen MR) is 71.4 cm³/mol. The molecule has 0 aromatic rings. The molecule has 1 unspecified atom stereocenters. The van der Waals surface area contributed by atoms with Gasteiger partial charge >= 0.3 is 93.7 Å². The molecular formula is C10H26N3OP. The third kappa shape index (κ3) is 2.96. The zero-order valence-corrected chi connectivity index (χ0v) is 12.3. The van der Waals surface area contributed by atoms with Crippen LogP contribution in [0.4, 0.5) is 0 Å². The van der Waals surface area contributed by atoms with Gasteiger partial charge in [-0.1, -0.05) is 0 Å². The van der Waals surface area contributed by atoms with Crippen molar-refractivity contribution in [1.82, 2.24) is 9.80 Å². The Labute approximate surface area is 94.3 Å². The van der Waals surface area contributed by atoms with Crippen LogP contribution in [-0.2, 0) is 0 Å². The first-order valence-corrected chi connectivity index (χ1v) is 8.75. The van der Waals surface area contributed by atoms with E-state index >= 15 is 0 Å². The molecule has 0 spiro atoms. The molecule has 0 saturated heterocycles. The molecule has 0 aromatic heterocycles. The van der Waals surface area contributed by atoms with Crippen LogP contribution in [0.25, 0.3) is 0 Å². The van der Waals surface area contributed by atoms with Crippen molar-refractivity contribution in [3.8, 4) is 0 Å². The van der Waals surface area contributed by atoms with Gasteiger partial charge in [0, 0.05) is 0 Å². The Kier molecular flexibility index (Phi) is 4.84. The Hall–Kier alpha value is -0.0500. The minimum absolute atomic E-state index is 0.0571. The average molecular weight is 235 g/mol. The fourth-order valence-corrected chi connectivity index (χ4v) is 3.60. The molecule has 92 valence electrons. The SMILES string of the molecule is CN(C)C(N(C)C)C(C)(N=O)[PH](C)(C)C. The first kappa shape index (κ1) is 14.9. The fourth-order valence-electron chi connectivity index (χ4n) is 2.04. The van der Waals surface area contributed by atoms with Crippen LogP contribution in [0.5, 0.6) is 0 Å². The maximum atomic E-state index is 11.3. The first-order valence-electron chi connectivity index (χ1n) is 5.25. The monoisotopic (exact) mass is 235 g/mol. The second kappa shape index (κ2) is 4.86. The van der Waals surface area contributed by atoms with E-state index in [0.717, 1.165) is 0 Å². The van der Waals surface area contributed by atoms with Gasteiger partial charge in [0.25, 0.3) is 0 Å². The summed E-state index contributed by atoms with van der Waals surface area (Å²) in [6.45, 7) is 8.55. The minimum atomic E-state index is -1.66. The van der Waals surface area contributed by atoms with E-state index in [9.17, 15) is 4.91 Å². The molecule has 4 nitrogen and oxygen atoms in total. The van der Waals surface area contributed by atoms with Gasteiger partial charge in [0.05, 0.1) is 0 Å². The van der Waals surface area contributed by atoms with Gasteiger partial charge in [0.2, 0.25) is 0 Å². The molecule has 0 radical (unpaired) electrons. The van der Waals surface area contributed by atoms with Crippen LogP contribution < -0.4 is 0 Å². The van der Waals surface area contributed by atoms with Gasteiger partial charge in [0.1, 0.15) is 0 Å². The molecule has 0 aliphatic heterocycles. The van der Waals surface area contributed by atoms with Crippen molar-refractivity contribution in [2.24, 2.45) is 5.18 Å². The molecule has 0 aliphatic rings. The van der Waals surface area contributed by atoms with Crippen molar-refractivity contribution in [3.63, 3.8) is 0 Å². The number of hydrogen-bond donors (Lipinski definition) is 0. The van der Waals surface area contributed by atoms with Gasteiger partial charge in [-0.25, -0.2) is 0 Å². The second-order valence-corrected chi connectivity index (χ2v) is 11.3. The van der Waals surface area contributed by atoms with Gasteiger partial charge in [0.15, 0.2) is 0 Å². The van der Waals surface area contributed by atoms with E-state index in [1.165, 1.54) is 0 Å². The molecule has 0 aromatic carbocycles. The third-order valence-electron chi connectivity index (χ3n) is 3.19. The molecule has 0 saturated carbocycles. The Morgan fingerprint density at radius 3 is 1.47 bits per heavy atom. The Morgan fingerprint density at radius 2 is 1.40 bits per heavy atom. The van der Waals surface area contributed by atoms with Crippen molar-refractivity contribution >= 4 is 7.26 Å². The van der Waals surface area contributed by atoms with Gasteiger partial charge in [-0.15, -0.1) is 0 Å². The molecule has 0 heterocycles. The molecule has 0 bridgehead atoms. The van der Waals surface area contributed by atoms with E-state index in [1.54, 1.807) is 0 Å². The summed E-state index contributed by atoms with van der Waals surface area (Å²) in [5.74, 6) is 0. The number of likely N-dealkylation sites (N-methyl/N-ethyl adjacent to an activating group) is 2. The molecule has 0 rings (SSSR count). The predicted octanol–water partition coefficient (Wildman–Crippen LogP) is 1.56. The summed E-state index contributed by atoms with van der Waals surface area (Å²) in [6, 6.07) is 0. The van der Waals surface area contributed by atoms with Gasteiger partial charge < -0.3 is 0 Å². The summed E-state index contributed by atoms with van der Waals surface area (Å²) in [5.41, 5.74) is 0. The summed E-state index contributed by atoms with van der Waals surface area (Å²) in [6.07, 6.45) is 0.0571. The Morgan fingerprint density at radius 1 is 1.07 bits per heavy atom. The molecule has 0 aliphatic carbocycles. The van der Waals surface area contributed by atoms with Crippen LogP contribution in [0.15, 0.2) is 5.18 Å². The van der Waals surface area contributed by atoms with Gasteiger partial charge in [-0.3, -0.25) is 0 Å². The van der Waals surface area contributed by atoms with Crippen molar-refractivity contribution in [3.05, 3.63) is 4.91 Å². The molecule has 15 heavy (non-hydrogen) atoms. The van der Waals surface area contributed by atoms with Crippen molar-refractivity contribution in [2.45, 2.75) is 18.4 Å². The van der Waals surface area contributed by atoms with Crippen LogP contribution in [0.1, 0.15) is 6.92 Å². The van der Waals surface area contributed by atoms with E-state index < -0.39 is 12.5 Å². The van der Waals surface area contributed by atoms with E-state index in [1.807, 2.05) is 35.1 Å². The Balaban J connectivity index is 5.32. The summed E-state index contributed by atoms with van der Waals surface area (Å²) in [5, 5.41) is 2.96. The average Bonchev–Trinajstić information content (AvgIpc) is 2.00. The normalized spacial score (nSPS) is 18.3. The van der Waals surface area contributed by atoms with E-state index in [2.05, 4.69) is 35.0 Å². The first-order chi connectivity index (χ1) is 6.58. The molecule has 0 N–H and O–H groups in total. The number of rotatable bonds is 5. The standard InChI is InChI=1S/C10H26N3OP/c1-10(11-14,15(6,7)8)9(12(2)3)13(4)5/h9,15H,1-8H3. The van der Waals surface area contributed by atoms with Gasteiger partial charge in [-0.05, 0) is 0 Å². The van der Waals surface area contributed by atoms with E-state index in [-0.39, 0.29) is 6.17 Å². The molecule has 5 heteroatoms. The third-order valence-corrected chi connectivity index (χ3v) is 6.58. The summed E-state index contributed by atoms with van der Waals surface area (Å²) < 4.78 is 0. The van der Waals surface area contributed by atoms with Crippen LogP contribution in [0.3, 0.4) is 0 Å². The van der Waals surface area contributed by atoms with Crippen molar-refractivity contribution in [1.29, 1.82) is 0 Å². The number of nitroso groups, excluding NO2 is 1. The number of nitrogens with zero attached hydrogens (tertiary/aromatic N) is 3. The quantitative estimate of drug-likeness (QED) is 0.412. The van der Waals surface area contributed by atoms with E-state index in [0.29, 0.717) is 0 Å². The summed E-state index contributed by atoms with van der Waals surface area (Å²) >= 11 is 0. The van der Waals surface area contributed by atoms with Crippen LogP contribution >= 0.6 is 7.26 Å². The van der Waals surface area contributed by atoms with Gasteiger partial charge in [-0.2, -0.15) is 0 Å².